The Morgan fingerprint density at radius 3 is 2.79 bits per heavy atom. The Labute approximate surface area is 114 Å². The minimum Gasteiger partial charge on any atom is -0.396 e. The van der Waals surface area contributed by atoms with Gasteiger partial charge in [0.05, 0.1) is 5.69 Å². The third kappa shape index (κ3) is 2.97. The van der Waals surface area contributed by atoms with Crippen LogP contribution in [0.25, 0.3) is 0 Å². The molecule has 19 heavy (non-hydrogen) atoms. The lowest BCUT2D eigenvalue weighted by molar-refractivity contribution is 0.0551. The van der Waals surface area contributed by atoms with E-state index in [1.54, 1.807) is 4.68 Å². The molecule has 1 aromatic heterocycles. The minimum absolute atomic E-state index is 0.0489. The Kier molecular flexibility index (Phi) is 4.58. The molecule has 1 fully saturated rings. The fourth-order valence-electron chi connectivity index (χ4n) is 2.44. The molecule has 0 unspecified atom stereocenters. The van der Waals surface area contributed by atoms with Crippen molar-refractivity contribution in [2.45, 2.75) is 45.1 Å². The second-order valence-corrected chi connectivity index (χ2v) is 5.16. The molecule has 0 atom stereocenters. The zero-order chi connectivity index (χ0) is 13.8. The molecule has 2 rings (SSSR count). The Morgan fingerprint density at radius 2 is 2.32 bits per heavy atom. The maximum Gasteiger partial charge on any atom is 0.272 e. The molecule has 106 valence electrons. The predicted octanol–water partition coefficient (Wildman–Crippen LogP) is 1.36. The van der Waals surface area contributed by atoms with Crippen molar-refractivity contribution in [1.82, 2.24) is 14.7 Å². The smallest absolute Gasteiger partial charge is 0.272 e. The van der Waals surface area contributed by atoms with Crippen LogP contribution in [0, 0.1) is 0 Å². The van der Waals surface area contributed by atoms with Crippen LogP contribution >= 0.6 is 0 Å². The van der Waals surface area contributed by atoms with Crippen LogP contribution in [-0.2, 0) is 13.5 Å². The van der Waals surface area contributed by atoms with Gasteiger partial charge in [0.25, 0.3) is 5.91 Å². The molecule has 1 aliphatic carbocycles. The fraction of sp³-hybridized carbons (Fsp3) is 0.714. The Bertz CT molecular complexity index is 438. The first-order valence-electron chi connectivity index (χ1n) is 7.12. The van der Waals surface area contributed by atoms with Gasteiger partial charge in [0.2, 0.25) is 0 Å². The summed E-state index contributed by atoms with van der Waals surface area (Å²) in [7, 11) is 1.82. The zero-order valence-corrected chi connectivity index (χ0v) is 11.8. The lowest BCUT2D eigenvalue weighted by Crippen LogP contribution is -2.45. The van der Waals surface area contributed by atoms with Gasteiger partial charge in [-0.15, -0.1) is 0 Å². The third-order valence-electron chi connectivity index (χ3n) is 3.85. The van der Waals surface area contributed by atoms with E-state index in [9.17, 15) is 4.79 Å². The van der Waals surface area contributed by atoms with Gasteiger partial charge in [-0.2, -0.15) is 5.10 Å². The molecule has 5 heteroatoms. The Hall–Kier alpha value is -1.36. The summed E-state index contributed by atoms with van der Waals surface area (Å²) in [6.07, 6.45) is 4.83. The van der Waals surface area contributed by atoms with Gasteiger partial charge in [0, 0.05) is 26.2 Å². The van der Waals surface area contributed by atoms with Gasteiger partial charge >= 0.3 is 0 Å². The molecule has 1 aliphatic rings. The first-order chi connectivity index (χ1) is 9.17. The van der Waals surface area contributed by atoms with E-state index in [1.807, 2.05) is 24.9 Å². The van der Waals surface area contributed by atoms with Crippen molar-refractivity contribution in [2.75, 3.05) is 13.2 Å². The van der Waals surface area contributed by atoms with E-state index < -0.39 is 0 Å². The van der Waals surface area contributed by atoms with Gasteiger partial charge in [0.1, 0.15) is 5.69 Å². The quantitative estimate of drug-likeness (QED) is 0.845. The van der Waals surface area contributed by atoms with Crippen molar-refractivity contribution in [2.24, 2.45) is 7.05 Å². The molecule has 1 heterocycles. The molecule has 0 aliphatic heterocycles. The van der Waals surface area contributed by atoms with Gasteiger partial charge in [-0.25, -0.2) is 0 Å². The third-order valence-corrected chi connectivity index (χ3v) is 3.85. The van der Waals surface area contributed by atoms with Crippen LogP contribution in [0.3, 0.4) is 0 Å². The summed E-state index contributed by atoms with van der Waals surface area (Å²) < 4.78 is 1.67. The predicted molar refractivity (Wildman–Crippen MR) is 73.0 cm³/mol. The lowest BCUT2D eigenvalue weighted by Gasteiger charge is -2.37. The van der Waals surface area contributed by atoms with E-state index in [2.05, 4.69) is 5.10 Å². The van der Waals surface area contributed by atoms with E-state index in [-0.39, 0.29) is 12.5 Å². The van der Waals surface area contributed by atoms with Gasteiger partial charge in [-0.1, -0.05) is 6.92 Å². The number of hydrogen-bond donors (Lipinski definition) is 1. The Balaban J connectivity index is 2.14. The van der Waals surface area contributed by atoms with Crippen LogP contribution in [-0.4, -0.2) is 44.9 Å². The molecule has 1 aromatic rings. The van der Waals surface area contributed by atoms with Crippen molar-refractivity contribution in [1.29, 1.82) is 0 Å². The van der Waals surface area contributed by atoms with Gasteiger partial charge in [0.15, 0.2) is 0 Å². The SMILES string of the molecule is CCc1cc(C(=O)N(CCCO)C2CCC2)n(C)n1. The maximum atomic E-state index is 12.6. The number of carbonyl (C=O) groups is 1. The number of hydrogen-bond acceptors (Lipinski definition) is 3. The monoisotopic (exact) mass is 265 g/mol. The summed E-state index contributed by atoms with van der Waals surface area (Å²) in [5.41, 5.74) is 1.60. The molecular weight excluding hydrogens is 242 g/mol. The van der Waals surface area contributed by atoms with Crippen LogP contribution in [0.2, 0.25) is 0 Å². The summed E-state index contributed by atoms with van der Waals surface area (Å²) in [4.78, 5) is 14.5. The van der Waals surface area contributed by atoms with E-state index in [0.717, 1.165) is 25.0 Å². The summed E-state index contributed by atoms with van der Waals surface area (Å²) in [5.74, 6) is 0.0489. The summed E-state index contributed by atoms with van der Waals surface area (Å²) >= 11 is 0. The summed E-state index contributed by atoms with van der Waals surface area (Å²) in [6, 6.07) is 2.23. The molecular formula is C14H23N3O2. The fourth-order valence-corrected chi connectivity index (χ4v) is 2.44. The molecule has 1 saturated carbocycles. The van der Waals surface area contributed by atoms with Crippen LogP contribution in [0.4, 0.5) is 0 Å². The molecule has 1 amide bonds. The highest BCUT2D eigenvalue weighted by Crippen LogP contribution is 2.26. The highest BCUT2D eigenvalue weighted by Gasteiger charge is 2.30. The second-order valence-electron chi connectivity index (χ2n) is 5.16. The van der Waals surface area contributed by atoms with Gasteiger partial charge in [-0.3, -0.25) is 9.48 Å². The molecule has 0 bridgehead atoms. The lowest BCUT2D eigenvalue weighted by atomic mass is 9.91. The molecule has 0 spiro atoms. The number of amides is 1. The maximum absolute atomic E-state index is 12.6. The number of aromatic nitrogens is 2. The highest BCUT2D eigenvalue weighted by atomic mass is 16.3. The molecule has 0 radical (unpaired) electrons. The first kappa shape index (κ1) is 14.1. The number of aliphatic hydroxyl groups excluding tert-OH is 1. The Morgan fingerprint density at radius 1 is 1.58 bits per heavy atom. The van der Waals surface area contributed by atoms with E-state index in [0.29, 0.717) is 24.7 Å². The van der Waals surface area contributed by atoms with Crippen molar-refractivity contribution in [3.8, 4) is 0 Å². The van der Waals surface area contributed by atoms with Crippen molar-refractivity contribution >= 4 is 5.91 Å². The number of aryl methyl sites for hydroxylation is 2. The molecule has 0 saturated heterocycles. The highest BCUT2D eigenvalue weighted by molar-refractivity contribution is 5.93. The largest absolute Gasteiger partial charge is 0.396 e. The van der Waals surface area contributed by atoms with Crippen LogP contribution < -0.4 is 0 Å². The second kappa shape index (κ2) is 6.19. The van der Waals surface area contributed by atoms with Gasteiger partial charge in [-0.05, 0) is 38.2 Å². The standard InChI is InChI=1S/C14H23N3O2/c1-3-11-10-13(16(2)15-11)14(19)17(8-5-9-18)12-6-4-7-12/h10,12,18H,3-9H2,1-2H3. The van der Waals surface area contributed by atoms with E-state index in [4.69, 9.17) is 5.11 Å². The molecule has 0 aromatic carbocycles. The summed E-state index contributed by atoms with van der Waals surface area (Å²) in [6.45, 7) is 2.79. The zero-order valence-electron chi connectivity index (χ0n) is 11.8. The molecule has 5 nitrogen and oxygen atoms in total. The van der Waals surface area contributed by atoms with Crippen molar-refractivity contribution < 1.29 is 9.90 Å². The van der Waals surface area contributed by atoms with Crippen LogP contribution in [0.5, 0.6) is 0 Å². The van der Waals surface area contributed by atoms with Crippen molar-refractivity contribution in [3.63, 3.8) is 0 Å². The minimum atomic E-state index is 0.0489. The van der Waals surface area contributed by atoms with Crippen LogP contribution in [0.1, 0.15) is 48.8 Å². The first-order valence-corrected chi connectivity index (χ1v) is 7.12. The normalized spacial score (nSPS) is 15.3. The summed E-state index contributed by atoms with van der Waals surface area (Å²) in [5, 5.41) is 13.3. The average molecular weight is 265 g/mol. The van der Waals surface area contributed by atoms with Crippen LogP contribution in [0.15, 0.2) is 6.07 Å². The van der Waals surface area contributed by atoms with Crippen molar-refractivity contribution in [3.05, 3.63) is 17.5 Å². The topological polar surface area (TPSA) is 58.4 Å². The number of aliphatic hydroxyl groups is 1. The van der Waals surface area contributed by atoms with Gasteiger partial charge < -0.3 is 10.0 Å². The number of nitrogens with zero attached hydrogens (tertiary/aromatic N) is 3. The van der Waals surface area contributed by atoms with E-state index in [1.165, 1.54) is 6.42 Å². The number of carbonyl (C=O) groups excluding carboxylic acids is 1. The molecule has 1 N–H and O–H groups in total. The average Bonchev–Trinajstić information content (AvgIpc) is 2.72. The van der Waals surface area contributed by atoms with E-state index >= 15 is 0 Å². The number of rotatable bonds is 6.